The zero-order valence-electron chi connectivity index (χ0n) is 10.8. The second-order valence-electron chi connectivity index (χ2n) is 5.02. The molecule has 4 heteroatoms. The Kier molecular flexibility index (Phi) is 4.19. The van der Waals surface area contributed by atoms with Crippen LogP contribution in [0.2, 0.25) is 0 Å². The summed E-state index contributed by atoms with van der Waals surface area (Å²) in [5, 5.41) is 12.6. The number of nitrogens with one attached hydrogen (secondary N) is 1. The molecule has 0 spiro atoms. The third kappa shape index (κ3) is 3.00. The molecule has 0 radical (unpaired) electrons. The van der Waals surface area contributed by atoms with Crippen LogP contribution in [-0.4, -0.2) is 24.9 Å². The van der Waals surface area contributed by atoms with Gasteiger partial charge in [-0.1, -0.05) is 6.07 Å². The molecule has 1 atom stereocenters. The first kappa shape index (κ1) is 13.3. The molecule has 0 saturated heterocycles. The zero-order chi connectivity index (χ0) is 13.1. The summed E-state index contributed by atoms with van der Waals surface area (Å²) in [6.45, 7) is 2.93. The molecule has 2 rings (SSSR count). The maximum atomic E-state index is 13.3. The lowest BCUT2D eigenvalue weighted by Gasteiger charge is -2.32. The summed E-state index contributed by atoms with van der Waals surface area (Å²) in [6, 6.07) is 5.07. The molecule has 0 bridgehead atoms. The number of methoxy groups -OCH3 is 1. The van der Waals surface area contributed by atoms with Crippen molar-refractivity contribution in [2.75, 3.05) is 13.7 Å². The fraction of sp³-hybridized carbons (Fsp3) is 0.571. The first-order chi connectivity index (χ1) is 8.60. The van der Waals surface area contributed by atoms with E-state index in [0.29, 0.717) is 5.92 Å². The molecule has 2 N–H and O–H groups in total. The van der Waals surface area contributed by atoms with Gasteiger partial charge in [-0.05, 0) is 49.9 Å². The van der Waals surface area contributed by atoms with Crippen LogP contribution in [0.5, 0.6) is 5.75 Å². The van der Waals surface area contributed by atoms with Crippen LogP contribution in [0.15, 0.2) is 18.2 Å². The molecule has 1 unspecified atom stereocenters. The Hall–Kier alpha value is -1.13. The predicted octanol–water partition coefficient (Wildman–Crippen LogP) is 2.26. The van der Waals surface area contributed by atoms with Crippen molar-refractivity contribution in [3.05, 3.63) is 29.6 Å². The number of hydrogen-bond acceptors (Lipinski definition) is 3. The van der Waals surface area contributed by atoms with Crippen LogP contribution in [0.3, 0.4) is 0 Å². The molecule has 0 aromatic heterocycles. The van der Waals surface area contributed by atoms with Crippen LogP contribution < -0.4 is 10.1 Å². The normalized spacial score (nSPS) is 24.4. The van der Waals surface area contributed by atoms with E-state index in [1.165, 1.54) is 13.2 Å². The highest BCUT2D eigenvalue weighted by molar-refractivity contribution is 5.31. The number of halogens is 1. The summed E-state index contributed by atoms with van der Waals surface area (Å²) in [6.07, 6.45) is 1.65. The molecule has 1 aliphatic rings. The van der Waals surface area contributed by atoms with Crippen LogP contribution in [-0.2, 0) is 0 Å². The zero-order valence-corrected chi connectivity index (χ0v) is 10.8. The maximum absolute atomic E-state index is 13.3. The molecule has 3 nitrogen and oxygen atoms in total. The Labute approximate surface area is 107 Å². The van der Waals surface area contributed by atoms with Crippen LogP contribution in [0.1, 0.15) is 31.4 Å². The Morgan fingerprint density at radius 2 is 2.22 bits per heavy atom. The van der Waals surface area contributed by atoms with Gasteiger partial charge in [0.15, 0.2) is 11.6 Å². The van der Waals surface area contributed by atoms with Crippen molar-refractivity contribution in [2.45, 2.75) is 31.9 Å². The number of rotatable bonds is 5. The summed E-state index contributed by atoms with van der Waals surface area (Å²) < 4.78 is 18.3. The minimum atomic E-state index is -0.337. The second kappa shape index (κ2) is 5.67. The highest BCUT2D eigenvalue weighted by Gasteiger charge is 2.27. The summed E-state index contributed by atoms with van der Waals surface area (Å²) in [5.41, 5.74) is 1.01. The molecule has 1 fully saturated rings. The summed E-state index contributed by atoms with van der Waals surface area (Å²) in [4.78, 5) is 0. The standard InChI is InChI=1S/C14H20FNO2/c1-9(16-8-10-5-12(17)6-10)11-3-4-13(15)14(7-11)18-2/h3-4,7,9-10,12,16-17H,5-6,8H2,1-2H3. The lowest BCUT2D eigenvalue weighted by Crippen LogP contribution is -2.36. The van der Waals surface area contributed by atoms with Gasteiger partial charge in [0, 0.05) is 6.04 Å². The molecule has 1 aromatic rings. The van der Waals surface area contributed by atoms with E-state index >= 15 is 0 Å². The number of hydrogen-bond donors (Lipinski definition) is 2. The van der Waals surface area contributed by atoms with Crippen molar-refractivity contribution in [1.82, 2.24) is 5.32 Å². The van der Waals surface area contributed by atoms with Crippen molar-refractivity contribution in [1.29, 1.82) is 0 Å². The lowest BCUT2D eigenvalue weighted by atomic mass is 9.82. The average Bonchev–Trinajstić information content (AvgIpc) is 2.33. The topological polar surface area (TPSA) is 41.5 Å². The van der Waals surface area contributed by atoms with Gasteiger partial charge >= 0.3 is 0 Å². The van der Waals surface area contributed by atoms with Gasteiger partial charge in [0.2, 0.25) is 0 Å². The van der Waals surface area contributed by atoms with Crippen LogP contribution >= 0.6 is 0 Å². The Bertz CT molecular complexity index is 405. The van der Waals surface area contributed by atoms with Gasteiger partial charge in [-0.3, -0.25) is 0 Å². The molecule has 18 heavy (non-hydrogen) atoms. The second-order valence-corrected chi connectivity index (χ2v) is 5.02. The van der Waals surface area contributed by atoms with Crippen molar-refractivity contribution in [3.8, 4) is 5.75 Å². The van der Waals surface area contributed by atoms with Gasteiger partial charge in [-0.2, -0.15) is 0 Å². The highest BCUT2D eigenvalue weighted by Crippen LogP contribution is 2.27. The van der Waals surface area contributed by atoms with E-state index in [2.05, 4.69) is 5.32 Å². The summed E-state index contributed by atoms with van der Waals surface area (Å²) in [5.74, 6) is 0.501. The van der Waals surface area contributed by atoms with E-state index in [-0.39, 0.29) is 23.7 Å². The Balaban J connectivity index is 1.89. The Morgan fingerprint density at radius 3 is 2.83 bits per heavy atom. The maximum Gasteiger partial charge on any atom is 0.165 e. The number of aliphatic hydroxyl groups excluding tert-OH is 1. The lowest BCUT2D eigenvalue weighted by molar-refractivity contribution is 0.0420. The van der Waals surface area contributed by atoms with Gasteiger partial charge in [-0.25, -0.2) is 4.39 Å². The minimum Gasteiger partial charge on any atom is -0.494 e. The predicted molar refractivity (Wildman–Crippen MR) is 68.1 cm³/mol. The van der Waals surface area contributed by atoms with Gasteiger partial charge < -0.3 is 15.2 Å². The first-order valence-electron chi connectivity index (χ1n) is 6.35. The number of benzene rings is 1. The van der Waals surface area contributed by atoms with E-state index in [0.717, 1.165) is 24.9 Å². The fourth-order valence-corrected chi connectivity index (χ4v) is 2.27. The first-order valence-corrected chi connectivity index (χ1v) is 6.35. The van der Waals surface area contributed by atoms with Gasteiger partial charge in [0.05, 0.1) is 13.2 Å². The largest absolute Gasteiger partial charge is 0.494 e. The van der Waals surface area contributed by atoms with Crippen LogP contribution in [0.25, 0.3) is 0 Å². The monoisotopic (exact) mass is 253 g/mol. The van der Waals surface area contributed by atoms with Gasteiger partial charge in [0.25, 0.3) is 0 Å². The number of ether oxygens (including phenoxy) is 1. The average molecular weight is 253 g/mol. The van der Waals surface area contributed by atoms with E-state index in [9.17, 15) is 9.50 Å². The van der Waals surface area contributed by atoms with Crippen molar-refractivity contribution in [3.63, 3.8) is 0 Å². The van der Waals surface area contributed by atoms with E-state index in [1.807, 2.05) is 6.92 Å². The molecular formula is C14H20FNO2. The molecule has 0 aliphatic heterocycles. The van der Waals surface area contributed by atoms with Gasteiger partial charge in [-0.15, -0.1) is 0 Å². The van der Waals surface area contributed by atoms with Crippen LogP contribution in [0.4, 0.5) is 4.39 Å². The Morgan fingerprint density at radius 1 is 1.50 bits per heavy atom. The van der Waals surface area contributed by atoms with Gasteiger partial charge in [0.1, 0.15) is 0 Å². The molecule has 0 heterocycles. The van der Waals surface area contributed by atoms with E-state index in [1.54, 1.807) is 12.1 Å². The third-order valence-corrected chi connectivity index (χ3v) is 3.60. The van der Waals surface area contributed by atoms with E-state index in [4.69, 9.17) is 4.74 Å². The molecule has 0 amide bonds. The van der Waals surface area contributed by atoms with Crippen molar-refractivity contribution in [2.24, 2.45) is 5.92 Å². The van der Waals surface area contributed by atoms with E-state index < -0.39 is 0 Å². The highest BCUT2D eigenvalue weighted by atomic mass is 19.1. The minimum absolute atomic E-state index is 0.113. The molecule has 1 aliphatic carbocycles. The summed E-state index contributed by atoms with van der Waals surface area (Å²) >= 11 is 0. The number of aliphatic hydroxyl groups is 1. The molecule has 1 saturated carbocycles. The van der Waals surface area contributed by atoms with Crippen molar-refractivity contribution >= 4 is 0 Å². The molecule has 1 aromatic carbocycles. The van der Waals surface area contributed by atoms with Crippen LogP contribution in [0, 0.1) is 11.7 Å². The smallest absolute Gasteiger partial charge is 0.165 e. The molecule has 100 valence electrons. The SMILES string of the molecule is COc1cc(C(C)NCC2CC(O)C2)ccc1F. The fourth-order valence-electron chi connectivity index (χ4n) is 2.27. The third-order valence-electron chi connectivity index (χ3n) is 3.60. The van der Waals surface area contributed by atoms with Crippen molar-refractivity contribution < 1.29 is 14.2 Å². The quantitative estimate of drug-likeness (QED) is 0.845. The summed E-state index contributed by atoms with van der Waals surface area (Å²) in [7, 11) is 1.47. The molecular weight excluding hydrogens is 233 g/mol.